The lowest BCUT2D eigenvalue weighted by Gasteiger charge is -2.30. The summed E-state index contributed by atoms with van der Waals surface area (Å²) in [5, 5.41) is 2.80. The van der Waals surface area contributed by atoms with E-state index in [1.54, 1.807) is 51.1 Å². The van der Waals surface area contributed by atoms with Gasteiger partial charge in [0.15, 0.2) is 0 Å². The van der Waals surface area contributed by atoms with Crippen LogP contribution in [0.2, 0.25) is 0 Å². The normalized spacial score (nSPS) is 12.2. The van der Waals surface area contributed by atoms with Crippen molar-refractivity contribution >= 4 is 33.3 Å². The van der Waals surface area contributed by atoms with Crippen molar-refractivity contribution in [2.24, 2.45) is 0 Å². The molecule has 0 aliphatic heterocycles. The van der Waals surface area contributed by atoms with Gasteiger partial charge in [-0.05, 0) is 75.1 Å². The summed E-state index contributed by atoms with van der Waals surface area (Å²) in [4.78, 5) is 25.4. The highest BCUT2D eigenvalue weighted by Gasteiger charge is 2.32. The summed E-state index contributed by atoms with van der Waals surface area (Å²) in [6.07, 6.45) is 1.36. The first kappa shape index (κ1) is 24.4. The summed E-state index contributed by atoms with van der Waals surface area (Å²) < 4.78 is 31.6. The molecule has 0 heterocycles. The largest absolute Gasteiger partial charge is 0.462 e. The second kappa shape index (κ2) is 9.96. The number of amides is 1. The van der Waals surface area contributed by atoms with Crippen molar-refractivity contribution in [3.05, 3.63) is 58.7 Å². The standard InChI is InChI=1S/C23H30N2O5S/c1-7-21(25(31(6,28)29)18-13-15(3)12-16(4)14-18)22(26)24-20-11-9-10-19(17(20)5)23(27)30-8-2/h9-14,21H,7-8H2,1-6H3,(H,24,26)/t21-/m0/s1. The van der Waals surface area contributed by atoms with Gasteiger partial charge >= 0.3 is 5.97 Å². The zero-order valence-corrected chi connectivity index (χ0v) is 19.7. The number of hydrogen-bond acceptors (Lipinski definition) is 5. The average Bonchev–Trinajstić information content (AvgIpc) is 2.65. The zero-order chi connectivity index (χ0) is 23.3. The number of esters is 1. The molecule has 2 rings (SSSR count). The van der Waals surface area contributed by atoms with E-state index in [0.29, 0.717) is 22.5 Å². The van der Waals surface area contributed by atoms with Crippen LogP contribution in [0.1, 0.15) is 47.3 Å². The fraction of sp³-hybridized carbons (Fsp3) is 0.391. The van der Waals surface area contributed by atoms with Gasteiger partial charge in [0.05, 0.1) is 24.1 Å². The van der Waals surface area contributed by atoms with E-state index in [1.165, 1.54) is 0 Å². The van der Waals surface area contributed by atoms with Gasteiger partial charge in [0.2, 0.25) is 15.9 Å². The number of rotatable bonds is 8. The maximum atomic E-state index is 13.2. The van der Waals surface area contributed by atoms with Gasteiger partial charge in [0, 0.05) is 5.69 Å². The number of ether oxygens (including phenoxy) is 1. The second-order valence-electron chi connectivity index (χ2n) is 7.52. The fourth-order valence-corrected chi connectivity index (χ4v) is 4.75. The lowest BCUT2D eigenvalue weighted by molar-refractivity contribution is -0.117. The van der Waals surface area contributed by atoms with E-state index >= 15 is 0 Å². The van der Waals surface area contributed by atoms with Crippen LogP contribution in [-0.4, -0.2) is 39.2 Å². The van der Waals surface area contributed by atoms with Crippen molar-refractivity contribution in [2.75, 3.05) is 22.5 Å². The Morgan fingerprint density at radius 1 is 1.06 bits per heavy atom. The molecule has 0 saturated heterocycles. The van der Waals surface area contributed by atoms with E-state index in [1.807, 2.05) is 19.9 Å². The number of aryl methyl sites for hydroxylation is 2. The molecule has 168 valence electrons. The second-order valence-corrected chi connectivity index (χ2v) is 9.38. The number of sulfonamides is 1. The number of hydrogen-bond donors (Lipinski definition) is 1. The van der Waals surface area contributed by atoms with E-state index in [0.717, 1.165) is 21.7 Å². The molecule has 0 radical (unpaired) electrons. The third-order valence-corrected chi connectivity index (χ3v) is 6.06. The minimum atomic E-state index is -3.74. The lowest BCUT2D eigenvalue weighted by atomic mass is 10.1. The fourth-order valence-electron chi connectivity index (χ4n) is 3.56. The molecule has 2 aromatic carbocycles. The monoisotopic (exact) mass is 446 g/mol. The van der Waals surface area contributed by atoms with Gasteiger partial charge < -0.3 is 10.1 Å². The summed E-state index contributed by atoms with van der Waals surface area (Å²) in [6, 6.07) is 9.42. The summed E-state index contributed by atoms with van der Waals surface area (Å²) in [7, 11) is -3.74. The highest BCUT2D eigenvalue weighted by molar-refractivity contribution is 7.92. The Bertz CT molecular complexity index is 1060. The smallest absolute Gasteiger partial charge is 0.338 e. The molecule has 31 heavy (non-hydrogen) atoms. The van der Waals surface area contributed by atoms with Gasteiger partial charge in [-0.1, -0.05) is 19.1 Å². The van der Waals surface area contributed by atoms with Crippen LogP contribution in [0, 0.1) is 20.8 Å². The Labute approximate surface area is 184 Å². The topological polar surface area (TPSA) is 92.8 Å². The predicted octanol–water partition coefficient (Wildman–Crippen LogP) is 3.97. The molecule has 0 saturated carbocycles. The van der Waals surface area contributed by atoms with E-state index < -0.39 is 27.9 Å². The van der Waals surface area contributed by atoms with Gasteiger partial charge in [-0.15, -0.1) is 0 Å². The maximum absolute atomic E-state index is 13.2. The SMILES string of the molecule is CCOC(=O)c1cccc(NC(=O)[C@H](CC)N(c2cc(C)cc(C)c2)S(C)(=O)=O)c1C. The predicted molar refractivity (Wildman–Crippen MR) is 123 cm³/mol. The van der Waals surface area contributed by atoms with Crippen LogP contribution >= 0.6 is 0 Å². The van der Waals surface area contributed by atoms with Crippen LogP contribution in [0.5, 0.6) is 0 Å². The Morgan fingerprint density at radius 3 is 2.19 bits per heavy atom. The number of benzene rings is 2. The summed E-state index contributed by atoms with van der Waals surface area (Å²) in [6.45, 7) is 9.18. The van der Waals surface area contributed by atoms with Crippen LogP contribution < -0.4 is 9.62 Å². The minimum absolute atomic E-state index is 0.242. The molecule has 1 atom stereocenters. The molecular weight excluding hydrogens is 416 g/mol. The van der Waals surface area contributed by atoms with Gasteiger partial charge in [-0.25, -0.2) is 13.2 Å². The minimum Gasteiger partial charge on any atom is -0.462 e. The Morgan fingerprint density at radius 2 is 1.68 bits per heavy atom. The van der Waals surface area contributed by atoms with E-state index in [9.17, 15) is 18.0 Å². The Hall–Kier alpha value is -2.87. The maximum Gasteiger partial charge on any atom is 0.338 e. The van der Waals surface area contributed by atoms with Gasteiger partial charge in [0.1, 0.15) is 6.04 Å². The number of carbonyl (C=O) groups excluding carboxylic acids is 2. The summed E-state index contributed by atoms with van der Waals surface area (Å²) >= 11 is 0. The Kier molecular flexibility index (Phi) is 7.84. The van der Waals surface area contributed by atoms with Crippen molar-refractivity contribution in [3.8, 4) is 0 Å². The molecule has 1 amide bonds. The van der Waals surface area contributed by atoms with Crippen molar-refractivity contribution in [3.63, 3.8) is 0 Å². The van der Waals surface area contributed by atoms with E-state index in [4.69, 9.17) is 4.74 Å². The van der Waals surface area contributed by atoms with Crippen molar-refractivity contribution < 1.29 is 22.7 Å². The number of carbonyl (C=O) groups is 2. The van der Waals surface area contributed by atoms with Crippen LogP contribution in [0.25, 0.3) is 0 Å². The summed E-state index contributed by atoms with van der Waals surface area (Å²) in [5.74, 6) is -0.952. The van der Waals surface area contributed by atoms with Crippen LogP contribution in [-0.2, 0) is 19.6 Å². The lowest BCUT2D eigenvalue weighted by Crippen LogP contribution is -2.47. The number of nitrogens with zero attached hydrogens (tertiary/aromatic N) is 1. The number of nitrogens with one attached hydrogen (secondary N) is 1. The third-order valence-electron chi connectivity index (χ3n) is 4.88. The first-order valence-electron chi connectivity index (χ1n) is 10.1. The van der Waals surface area contributed by atoms with Crippen molar-refractivity contribution in [2.45, 2.75) is 47.1 Å². The highest BCUT2D eigenvalue weighted by Crippen LogP contribution is 2.27. The first-order chi connectivity index (χ1) is 14.5. The van der Waals surface area contributed by atoms with Crippen LogP contribution in [0.4, 0.5) is 11.4 Å². The van der Waals surface area contributed by atoms with E-state index in [-0.39, 0.29) is 13.0 Å². The van der Waals surface area contributed by atoms with Crippen LogP contribution in [0.15, 0.2) is 36.4 Å². The molecule has 2 aromatic rings. The third kappa shape index (κ3) is 5.85. The van der Waals surface area contributed by atoms with Gasteiger partial charge in [-0.3, -0.25) is 9.10 Å². The summed E-state index contributed by atoms with van der Waals surface area (Å²) in [5.41, 5.74) is 3.58. The molecular formula is C23H30N2O5S. The molecule has 0 spiro atoms. The average molecular weight is 447 g/mol. The molecule has 0 unspecified atom stereocenters. The van der Waals surface area contributed by atoms with Gasteiger partial charge in [-0.2, -0.15) is 0 Å². The zero-order valence-electron chi connectivity index (χ0n) is 18.9. The molecule has 0 aromatic heterocycles. The molecule has 7 nitrogen and oxygen atoms in total. The van der Waals surface area contributed by atoms with E-state index in [2.05, 4.69) is 5.32 Å². The quantitative estimate of drug-likeness (QED) is 0.620. The van der Waals surface area contributed by atoms with Crippen molar-refractivity contribution in [1.29, 1.82) is 0 Å². The molecule has 0 fully saturated rings. The number of anilines is 2. The Balaban J connectivity index is 2.44. The molecule has 0 aliphatic carbocycles. The van der Waals surface area contributed by atoms with Crippen molar-refractivity contribution in [1.82, 2.24) is 0 Å². The van der Waals surface area contributed by atoms with Crippen LogP contribution in [0.3, 0.4) is 0 Å². The molecule has 0 bridgehead atoms. The molecule has 1 N–H and O–H groups in total. The van der Waals surface area contributed by atoms with Gasteiger partial charge in [0.25, 0.3) is 0 Å². The highest BCUT2D eigenvalue weighted by atomic mass is 32.2. The first-order valence-corrected chi connectivity index (χ1v) is 12.0. The molecule has 8 heteroatoms. The molecule has 0 aliphatic rings.